The average molecular weight is 339 g/mol. The van der Waals surface area contributed by atoms with Crippen LogP contribution in [0, 0.1) is 0 Å². The van der Waals surface area contributed by atoms with E-state index in [2.05, 4.69) is 5.32 Å². The highest BCUT2D eigenvalue weighted by atomic mass is 35.5. The summed E-state index contributed by atoms with van der Waals surface area (Å²) in [6.07, 6.45) is 0.676. The molecule has 0 bridgehead atoms. The smallest absolute Gasteiger partial charge is 0.254 e. The number of halogens is 2. The van der Waals surface area contributed by atoms with Gasteiger partial charge in [-0.05, 0) is 18.6 Å². The first-order chi connectivity index (χ1) is 9.30. The van der Waals surface area contributed by atoms with Crippen LogP contribution in [0.5, 0.6) is 0 Å². The highest BCUT2D eigenvalue weighted by Gasteiger charge is 2.25. The Morgan fingerprint density at radius 2 is 2.10 bits per heavy atom. The Labute approximate surface area is 126 Å². The SMILES string of the molecule is NS(=O)(=O)c1ccc(Cl)c(C(=O)NC2CCOC2)c1Cl. The second kappa shape index (κ2) is 5.87. The molecule has 6 nitrogen and oxygen atoms in total. The maximum Gasteiger partial charge on any atom is 0.254 e. The molecule has 1 aliphatic heterocycles. The first-order valence-corrected chi connectivity index (χ1v) is 8.00. The standard InChI is InChI=1S/C11H12Cl2N2O4S/c12-7-1-2-8(20(14,17)18)10(13)9(7)11(16)15-6-3-4-19-5-6/h1-2,6H,3-5H2,(H,15,16)(H2,14,17,18). The van der Waals surface area contributed by atoms with Gasteiger partial charge in [0.2, 0.25) is 10.0 Å². The van der Waals surface area contributed by atoms with Crippen LogP contribution in [0.1, 0.15) is 16.8 Å². The van der Waals surface area contributed by atoms with E-state index in [1.54, 1.807) is 0 Å². The Bertz CT molecular complexity index is 642. The molecule has 0 saturated carbocycles. The summed E-state index contributed by atoms with van der Waals surface area (Å²) in [7, 11) is -4.03. The summed E-state index contributed by atoms with van der Waals surface area (Å²) in [5.74, 6) is -0.555. The number of carbonyl (C=O) groups excluding carboxylic acids is 1. The van der Waals surface area contributed by atoms with Gasteiger partial charge in [0.15, 0.2) is 0 Å². The van der Waals surface area contributed by atoms with Crippen molar-refractivity contribution in [2.75, 3.05) is 13.2 Å². The summed E-state index contributed by atoms with van der Waals surface area (Å²) in [6.45, 7) is 0.958. The zero-order valence-electron chi connectivity index (χ0n) is 10.2. The van der Waals surface area contributed by atoms with E-state index in [4.69, 9.17) is 33.1 Å². The van der Waals surface area contributed by atoms with Crippen LogP contribution >= 0.6 is 23.2 Å². The third kappa shape index (κ3) is 3.24. The van der Waals surface area contributed by atoms with Gasteiger partial charge in [-0.1, -0.05) is 23.2 Å². The molecule has 0 radical (unpaired) electrons. The number of amides is 1. The zero-order valence-corrected chi connectivity index (χ0v) is 12.6. The van der Waals surface area contributed by atoms with Gasteiger partial charge in [-0.25, -0.2) is 13.6 Å². The number of benzene rings is 1. The van der Waals surface area contributed by atoms with Crippen molar-refractivity contribution in [2.45, 2.75) is 17.4 Å². The molecule has 1 aromatic rings. The molecular formula is C11H12Cl2N2O4S. The van der Waals surface area contributed by atoms with Crippen LogP contribution < -0.4 is 10.5 Å². The van der Waals surface area contributed by atoms with E-state index in [9.17, 15) is 13.2 Å². The third-order valence-corrected chi connectivity index (χ3v) is 4.63. The molecular weight excluding hydrogens is 327 g/mol. The van der Waals surface area contributed by atoms with Crippen molar-refractivity contribution in [3.05, 3.63) is 27.7 Å². The summed E-state index contributed by atoms with van der Waals surface area (Å²) in [5.41, 5.74) is -0.105. The van der Waals surface area contributed by atoms with Crippen LogP contribution in [0.4, 0.5) is 0 Å². The van der Waals surface area contributed by atoms with Gasteiger partial charge in [0.1, 0.15) is 4.90 Å². The van der Waals surface area contributed by atoms with Crippen LogP contribution in [0.2, 0.25) is 10.0 Å². The van der Waals surface area contributed by atoms with Gasteiger partial charge in [-0.15, -0.1) is 0 Å². The van der Waals surface area contributed by atoms with E-state index in [1.807, 2.05) is 0 Å². The van der Waals surface area contributed by atoms with Gasteiger partial charge in [-0.3, -0.25) is 4.79 Å². The number of nitrogens with two attached hydrogens (primary N) is 1. The van der Waals surface area contributed by atoms with Gasteiger partial charge < -0.3 is 10.1 Å². The molecule has 3 N–H and O–H groups in total. The molecule has 1 fully saturated rings. The summed E-state index contributed by atoms with van der Waals surface area (Å²) < 4.78 is 27.9. The topological polar surface area (TPSA) is 98.5 Å². The summed E-state index contributed by atoms with van der Waals surface area (Å²) in [5, 5.41) is 7.49. The molecule has 1 heterocycles. The Balaban J connectivity index is 2.37. The number of rotatable bonds is 3. The monoisotopic (exact) mass is 338 g/mol. The van der Waals surface area contributed by atoms with Gasteiger partial charge >= 0.3 is 0 Å². The van der Waals surface area contributed by atoms with Gasteiger partial charge in [0.25, 0.3) is 5.91 Å². The van der Waals surface area contributed by atoms with Crippen molar-refractivity contribution >= 4 is 39.1 Å². The molecule has 2 rings (SSSR count). The Morgan fingerprint density at radius 3 is 2.65 bits per heavy atom. The van der Waals surface area contributed by atoms with E-state index in [1.165, 1.54) is 6.07 Å². The Hall–Kier alpha value is -0.860. The van der Waals surface area contributed by atoms with Crippen molar-refractivity contribution in [3.8, 4) is 0 Å². The number of hydrogen-bond donors (Lipinski definition) is 2. The average Bonchev–Trinajstić information content (AvgIpc) is 2.79. The minimum Gasteiger partial charge on any atom is -0.379 e. The number of carbonyl (C=O) groups is 1. The van der Waals surface area contributed by atoms with E-state index >= 15 is 0 Å². The Kier molecular flexibility index (Phi) is 4.55. The van der Waals surface area contributed by atoms with E-state index in [-0.39, 0.29) is 26.5 Å². The van der Waals surface area contributed by atoms with Crippen molar-refractivity contribution in [2.24, 2.45) is 5.14 Å². The van der Waals surface area contributed by atoms with Crippen molar-refractivity contribution in [1.29, 1.82) is 0 Å². The molecule has 20 heavy (non-hydrogen) atoms. The lowest BCUT2D eigenvalue weighted by molar-refractivity contribution is 0.0930. The van der Waals surface area contributed by atoms with Crippen LogP contribution in [0.3, 0.4) is 0 Å². The molecule has 110 valence electrons. The lowest BCUT2D eigenvalue weighted by atomic mass is 10.2. The summed E-state index contributed by atoms with van der Waals surface area (Å²) in [6, 6.07) is 2.29. The Morgan fingerprint density at radius 1 is 1.40 bits per heavy atom. The fourth-order valence-electron chi connectivity index (χ4n) is 1.87. The van der Waals surface area contributed by atoms with Crippen LogP contribution in [0.25, 0.3) is 0 Å². The highest BCUT2D eigenvalue weighted by Crippen LogP contribution is 2.30. The lowest BCUT2D eigenvalue weighted by Crippen LogP contribution is -2.35. The molecule has 1 aromatic carbocycles. The zero-order chi connectivity index (χ0) is 14.9. The van der Waals surface area contributed by atoms with Crippen molar-refractivity contribution in [3.63, 3.8) is 0 Å². The highest BCUT2D eigenvalue weighted by molar-refractivity contribution is 7.89. The molecule has 0 spiro atoms. The number of primary sulfonamides is 1. The first-order valence-electron chi connectivity index (χ1n) is 5.70. The summed E-state index contributed by atoms with van der Waals surface area (Å²) >= 11 is 11.9. The second-order valence-electron chi connectivity index (χ2n) is 4.31. The first kappa shape index (κ1) is 15.5. The molecule has 1 atom stereocenters. The minimum atomic E-state index is -4.03. The fourth-order valence-corrected chi connectivity index (χ4v) is 3.34. The van der Waals surface area contributed by atoms with E-state index < -0.39 is 15.9 Å². The second-order valence-corrected chi connectivity index (χ2v) is 6.63. The number of sulfonamides is 1. The summed E-state index contributed by atoms with van der Waals surface area (Å²) in [4.78, 5) is 11.8. The van der Waals surface area contributed by atoms with E-state index in [0.717, 1.165) is 6.07 Å². The molecule has 1 unspecified atom stereocenters. The van der Waals surface area contributed by atoms with Gasteiger partial charge in [0, 0.05) is 6.61 Å². The maximum atomic E-state index is 12.2. The molecule has 1 aliphatic rings. The molecule has 0 aliphatic carbocycles. The number of nitrogens with one attached hydrogen (secondary N) is 1. The molecule has 0 aromatic heterocycles. The fraction of sp³-hybridized carbons (Fsp3) is 0.364. The molecule has 1 amide bonds. The maximum absolute atomic E-state index is 12.2. The third-order valence-electron chi connectivity index (χ3n) is 2.85. The van der Waals surface area contributed by atoms with Gasteiger partial charge in [-0.2, -0.15) is 0 Å². The van der Waals surface area contributed by atoms with Gasteiger partial charge in [0.05, 0.1) is 28.3 Å². The van der Waals surface area contributed by atoms with Crippen molar-refractivity contribution in [1.82, 2.24) is 5.32 Å². The minimum absolute atomic E-state index is 0.0545. The predicted octanol–water partition coefficient (Wildman–Crippen LogP) is 1.16. The van der Waals surface area contributed by atoms with Crippen LogP contribution in [0.15, 0.2) is 17.0 Å². The normalized spacial score (nSPS) is 19.1. The number of ether oxygens (including phenoxy) is 1. The van der Waals surface area contributed by atoms with E-state index in [0.29, 0.717) is 19.6 Å². The van der Waals surface area contributed by atoms with Crippen molar-refractivity contribution < 1.29 is 17.9 Å². The van der Waals surface area contributed by atoms with Crippen LogP contribution in [-0.4, -0.2) is 33.6 Å². The quantitative estimate of drug-likeness (QED) is 0.863. The lowest BCUT2D eigenvalue weighted by Gasteiger charge is -2.14. The molecule has 9 heteroatoms. The largest absolute Gasteiger partial charge is 0.379 e. The predicted molar refractivity (Wildman–Crippen MR) is 74.5 cm³/mol. The van der Waals surface area contributed by atoms with Crippen LogP contribution in [-0.2, 0) is 14.8 Å². The molecule has 1 saturated heterocycles. The number of hydrogen-bond acceptors (Lipinski definition) is 4.